The molecule has 6 heteroatoms. The van der Waals surface area contributed by atoms with Gasteiger partial charge in [-0.3, -0.25) is 4.99 Å². The molecule has 1 aromatic heterocycles. The summed E-state index contributed by atoms with van der Waals surface area (Å²) in [5, 5.41) is 0. The molecule has 2 aliphatic rings. The van der Waals surface area contributed by atoms with Crippen molar-refractivity contribution in [2.45, 2.75) is 113 Å². The molecule has 0 unspecified atom stereocenters. The third-order valence-electron chi connectivity index (χ3n) is 12.0. The Morgan fingerprint density at radius 2 is 1.46 bits per heavy atom. The molecule has 4 aromatic carbocycles. The normalized spacial score (nSPS) is 17.3. The maximum Gasteiger partial charge on any atom is 2.00 e. The minimum atomic E-state index is -0.339. The quantitative estimate of drug-likeness (QED) is 0.145. The number of rotatable bonds is 8. The third-order valence-corrected chi connectivity index (χ3v) is 12.0. The van der Waals surface area contributed by atoms with Crippen molar-refractivity contribution in [3.8, 4) is 22.6 Å². The van der Waals surface area contributed by atoms with Gasteiger partial charge >= 0.3 is 21.1 Å². The monoisotopic (exact) mass is 940 g/mol. The van der Waals surface area contributed by atoms with Crippen LogP contribution in [0.25, 0.3) is 11.1 Å². The van der Waals surface area contributed by atoms with E-state index in [1.54, 1.807) is 0 Å². The molecule has 0 bridgehead atoms. The van der Waals surface area contributed by atoms with Crippen molar-refractivity contribution < 1.29 is 30.5 Å². The average Bonchev–Trinajstić information content (AvgIpc) is 3.49. The van der Waals surface area contributed by atoms with Crippen molar-refractivity contribution >= 4 is 23.1 Å². The van der Waals surface area contributed by atoms with Gasteiger partial charge in [0.25, 0.3) is 0 Å². The molecule has 2 aliphatic heterocycles. The molecule has 0 N–H and O–H groups in total. The average molecular weight is 941 g/mol. The topological polar surface area (TPSA) is 47.0 Å². The smallest absolute Gasteiger partial charge is 0.518 e. The van der Waals surface area contributed by atoms with Crippen LogP contribution in [-0.4, -0.2) is 23.0 Å². The zero-order valence-corrected chi connectivity index (χ0v) is 38.6. The van der Waals surface area contributed by atoms with Gasteiger partial charge in [0.15, 0.2) is 0 Å². The first-order chi connectivity index (χ1) is 26.3. The van der Waals surface area contributed by atoms with Gasteiger partial charge in [0.1, 0.15) is 18.3 Å². The van der Waals surface area contributed by atoms with Crippen LogP contribution >= 0.6 is 0 Å². The molecule has 1 atom stereocenters. The minimum Gasteiger partial charge on any atom is -0.518 e. The Hall–Kier alpha value is -4.21. The number of aromatic nitrogens is 1. The summed E-state index contributed by atoms with van der Waals surface area (Å²) in [6, 6.07) is 31.3. The van der Waals surface area contributed by atoms with Crippen LogP contribution in [0.1, 0.15) is 114 Å². The van der Waals surface area contributed by atoms with Gasteiger partial charge in [0.05, 0.1) is 5.54 Å². The van der Waals surface area contributed by atoms with Gasteiger partial charge < -0.3 is 14.4 Å². The first kappa shape index (κ1) is 42.4. The Kier molecular flexibility index (Phi) is 11.5. The summed E-state index contributed by atoms with van der Waals surface area (Å²) in [7, 11) is 0. The fourth-order valence-electron chi connectivity index (χ4n) is 9.70. The van der Waals surface area contributed by atoms with Crippen LogP contribution in [0.4, 0.5) is 17.2 Å². The molecule has 0 radical (unpaired) electrons. The fraction of sp³-hybridized carbons (Fsp3) is 0.412. The Bertz CT molecular complexity index is 2320. The molecule has 7 rings (SSSR count). The molecular formula is C51H59N3O2Pt. The molecule has 0 spiro atoms. The van der Waals surface area contributed by atoms with Gasteiger partial charge in [-0.15, -0.1) is 23.8 Å². The number of aryl methyl sites for hydroxylation is 4. The summed E-state index contributed by atoms with van der Waals surface area (Å²) in [6.07, 6.45) is 1.92. The number of ether oxygens (including phenoxy) is 2. The Labute approximate surface area is 356 Å². The van der Waals surface area contributed by atoms with E-state index in [-0.39, 0.29) is 37.4 Å². The summed E-state index contributed by atoms with van der Waals surface area (Å²) >= 11 is 0. The molecule has 5 nitrogen and oxygen atoms in total. The molecule has 0 fully saturated rings. The Morgan fingerprint density at radius 3 is 2.11 bits per heavy atom. The molecule has 0 amide bonds. The Balaban J connectivity index is 0.00000549. The van der Waals surface area contributed by atoms with Crippen LogP contribution in [0.5, 0.6) is 11.5 Å². The van der Waals surface area contributed by atoms with Crippen LogP contribution in [-0.2, 0) is 36.6 Å². The largest absolute Gasteiger partial charge is 2.00 e. The third kappa shape index (κ3) is 7.99. The zero-order valence-electron chi connectivity index (χ0n) is 36.3. The number of anilines is 3. The number of benzene rings is 4. The molecular weight excluding hydrogens is 882 g/mol. The van der Waals surface area contributed by atoms with E-state index in [9.17, 15) is 0 Å². The van der Waals surface area contributed by atoms with Crippen molar-refractivity contribution in [2.24, 2.45) is 22.7 Å². The summed E-state index contributed by atoms with van der Waals surface area (Å²) in [6.45, 7) is 31.9. The number of hydrogen-bond donors (Lipinski definition) is 0. The molecule has 0 saturated heterocycles. The summed E-state index contributed by atoms with van der Waals surface area (Å²) < 4.78 is 13.3. The maximum atomic E-state index is 6.85. The molecule has 57 heavy (non-hydrogen) atoms. The van der Waals surface area contributed by atoms with Crippen LogP contribution in [0.3, 0.4) is 0 Å². The van der Waals surface area contributed by atoms with Crippen LogP contribution in [0.2, 0.25) is 0 Å². The molecule has 5 aromatic rings. The minimum absolute atomic E-state index is 0. The van der Waals surface area contributed by atoms with Crippen LogP contribution < -0.4 is 9.64 Å². The molecule has 300 valence electrons. The predicted octanol–water partition coefficient (Wildman–Crippen LogP) is 13.2. The SMILES string of the molecule is Cc1cc(C)c(-c2cc(Oc3[c-]c4c(cc3)C(C)(C)c3cc(C)ccc3N4c3cc(C(C)(C)C)ccn3)[c-]c(C3=N[C@](C)(C(C(C)C)C(C)C)CO3)c2)c(C)c1.[Pt+2]. The molecule has 0 saturated carbocycles. The van der Waals surface area contributed by atoms with Gasteiger partial charge in [0.2, 0.25) is 0 Å². The maximum absolute atomic E-state index is 6.85. The van der Waals surface area contributed by atoms with E-state index in [0.29, 0.717) is 41.8 Å². The number of fused-ring (bicyclic) bond motifs is 2. The molecule has 0 aliphatic carbocycles. The predicted molar refractivity (Wildman–Crippen MR) is 232 cm³/mol. The zero-order chi connectivity index (χ0) is 40.5. The first-order valence-electron chi connectivity index (χ1n) is 20.3. The standard InChI is InChI=1S/C51H59N3O2.Pt/c1-30(2)47(31(3)4)51(14)29-55-48(53-51)37-24-36(46-34(7)21-33(6)22-35(46)8)25-40(26-37)56-39-16-17-41-44(28-39)54(45-27-38(19-20-52-45)49(9,10)11)43-18-15-32(5)23-42(43)50(41,12)13;/h15-25,27,30-31,47H,29H2,1-14H3;/q-2;+2/t51-;/m0./s1. The second-order valence-corrected chi connectivity index (χ2v) is 18.8. The van der Waals surface area contributed by atoms with Crippen LogP contribution in [0.15, 0.2) is 77.9 Å². The summed E-state index contributed by atoms with van der Waals surface area (Å²) in [4.78, 5) is 12.5. The van der Waals surface area contributed by atoms with Gasteiger partial charge in [-0.25, -0.2) is 4.98 Å². The second kappa shape index (κ2) is 15.5. The van der Waals surface area contributed by atoms with E-state index in [4.69, 9.17) is 19.5 Å². The second-order valence-electron chi connectivity index (χ2n) is 18.8. The van der Waals surface area contributed by atoms with E-state index in [0.717, 1.165) is 33.9 Å². The summed E-state index contributed by atoms with van der Waals surface area (Å²) in [5.41, 5.74) is 12.9. The van der Waals surface area contributed by atoms with Crippen molar-refractivity contribution in [3.05, 3.63) is 130 Å². The van der Waals surface area contributed by atoms with Gasteiger partial charge in [-0.05, 0) is 109 Å². The van der Waals surface area contributed by atoms with E-state index >= 15 is 0 Å². The van der Waals surface area contributed by atoms with E-state index in [1.165, 1.54) is 38.9 Å². The first-order valence-corrected chi connectivity index (χ1v) is 20.3. The number of hydrogen-bond acceptors (Lipinski definition) is 5. The summed E-state index contributed by atoms with van der Waals surface area (Å²) in [5.74, 6) is 3.95. The van der Waals surface area contributed by atoms with Crippen molar-refractivity contribution in [2.75, 3.05) is 11.5 Å². The van der Waals surface area contributed by atoms with Crippen molar-refractivity contribution in [1.29, 1.82) is 0 Å². The van der Waals surface area contributed by atoms with Crippen molar-refractivity contribution in [1.82, 2.24) is 4.98 Å². The fourth-order valence-corrected chi connectivity index (χ4v) is 9.70. The van der Waals surface area contributed by atoms with Gasteiger partial charge in [0, 0.05) is 23.4 Å². The van der Waals surface area contributed by atoms with E-state index in [2.05, 4.69) is 175 Å². The molecule has 3 heterocycles. The van der Waals surface area contributed by atoms with E-state index < -0.39 is 0 Å². The Morgan fingerprint density at radius 1 is 0.772 bits per heavy atom. The van der Waals surface area contributed by atoms with Crippen molar-refractivity contribution in [3.63, 3.8) is 0 Å². The number of aliphatic imine (C=N–C) groups is 1. The van der Waals surface area contributed by atoms with Gasteiger partial charge in [-0.1, -0.05) is 127 Å². The van der Waals surface area contributed by atoms with Crippen LogP contribution in [0, 0.1) is 57.6 Å². The number of nitrogens with zero attached hydrogens (tertiary/aromatic N) is 3. The van der Waals surface area contributed by atoms with Gasteiger partial charge in [-0.2, -0.15) is 6.07 Å². The van der Waals surface area contributed by atoms with E-state index in [1.807, 2.05) is 12.3 Å². The number of pyridine rings is 1.